The number of hydrogen-bond donors (Lipinski definition) is 0. The van der Waals surface area contributed by atoms with Gasteiger partial charge in [0.25, 0.3) is 0 Å². The summed E-state index contributed by atoms with van der Waals surface area (Å²) in [6, 6.07) is 1.85. The van der Waals surface area contributed by atoms with Crippen LogP contribution in [0.4, 0.5) is 11.5 Å². The SMILES string of the molecule is [C-]#[N+]c1c(C)cc(N2CC(CC(=O)OC)C2)nc1Cl. The van der Waals surface area contributed by atoms with E-state index in [1.807, 2.05) is 17.9 Å². The number of hydrogen-bond acceptors (Lipinski definition) is 4. The molecule has 0 spiro atoms. The minimum atomic E-state index is -0.185. The van der Waals surface area contributed by atoms with Crippen LogP contribution in [0.5, 0.6) is 0 Å². The standard InChI is InChI=1S/C13H14ClN3O2/c1-8-4-10(16-13(14)12(8)15-2)17-6-9(7-17)5-11(18)19-3/h4,9H,5-7H2,1,3H3. The molecule has 2 rings (SSSR count). The van der Waals surface area contributed by atoms with Gasteiger partial charge in [-0.05, 0) is 18.6 Å². The number of carbonyl (C=O) groups excluding carboxylic acids is 1. The van der Waals surface area contributed by atoms with E-state index in [9.17, 15) is 4.79 Å². The highest BCUT2D eigenvalue weighted by molar-refractivity contribution is 6.32. The summed E-state index contributed by atoms with van der Waals surface area (Å²) < 4.78 is 4.64. The number of anilines is 1. The fraction of sp³-hybridized carbons (Fsp3) is 0.462. The molecule has 0 aliphatic carbocycles. The number of nitrogens with zero attached hydrogens (tertiary/aromatic N) is 3. The highest BCUT2D eigenvalue weighted by Crippen LogP contribution is 2.33. The molecule has 0 unspecified atom stereocenters. The number of rotatable bonds is 3. The molecule has 0 amide bonds. The van der Waals surface area contributed by atoms with Gasteiger partial charge in [0.1, 0.15) is 11.0 Å². The first kappa shape index (κ1) is 13.6. The number of carbonyl (C=O) groups is 1. The molecule has 1 saturated heterocycles. The molecule has 0 aromatic carbocycles. The topological polar surface area (TPSA) is 46.8 Å². The van der Waals surface area contributed by atoms with Gasteiger partial charge in [0.15, 0.2) is 0 Å². The second-order valence-corrected chi connectivity index (χ2v) is 4.96. The van der Waals surface area contributed by atoms with Crippen LogP contribution < -0.4 is 4.90 Å². The Hall–Kier alpha value is -1.80. The second-order valence-electron chi connectivity index (χ2n) is 4.60. The zero-order chi connectivity index (χ0) is 14.0. The van der Waals surface area contributed by atoms with Gasteiger partial charge in [-0.1, -0.05) is 11.6 Å². The Morgan fingerprint density at radius 3 is 2.89 bits per heavy atom. The lowest BCUT2D eigenvalue weighted by atomic mass is 9.96. The third-order valence-corrected chi connectivity index (χ3v) is 3.47. The van der Waals surface area contributed by atoms with E-state index in [4.69, 9.17) is 18.2 Å². The largest absolute Gasteiger partial charge is 0.469 e. The van der Waals surface area contributed by atoms with Crippen molar-refractivity contribution in [2.45, 2.75) is 13.3 Å². The van der Waals surface area contributed by atoms with Crippen molar-refractivity contribution < 1.29 is 9.53 Å². The van der Waals surface area contributed by atoms with Gasteiger partial charge in [-0.15, -0.1) is 0 Å². The summed E-state index contributed by atoms with van der Waals surface area (Å²) >= 11 is 5.98. The van der Waals surface area contributed by atoms with Gasteiger partial charge in [0.2, 0.25) is 5.69 Å². The van der Waals surface area contributed by atoms with E-state index in [0.717, 1.165) is 24.5 Å². The second kappa shape index (κ2) is 5.45. The Morgan fingerprint density at radius 2 is 2.37 bits per heavy atom. The van der Waals surface area contributed by atoms with Gasteiger partial charge >= 0.3 is 5.97 Å². The lowest BCUT2D eigenvalue weighted by Crippen LogP contribution is -2.48. The van der Waals surface area contributed by atoms with Crippen molar-refractivity contribution in [2.75, 3.05) is 25.1 Å². The van der Waals surface area contributed by atoms with Gasteiger partial charge in [-0.2, -0.15) is 0 Å². The lowest BCUT2D eigenvalue weighted by molar-refractivity contribution is -0.141. The number of aromatic nitrogens is 1. The average Bonchev–Trinajstić information content (AvgIpc) is 2.32. The van der Waals surface area contributed by atoms with Gasteiger partial charge in [-0.3, -0.25) is 4.79 Å². The lowest BCUT2D eigenvalue weighted by Gasteiger charge is -2.40. The summed E-state index contributed by atoms with van der Waals surface area (Å²) in [4.78, 5) is 20.8. The fourth-order valence-electron chi connectivity index (χ4n) is 2.11. The van der Waals surface area contributed by atoms with Gasteiger partial charge in [0.05, 0.1) is 20.1 Å². The molecule has 1 aromatic rings. The Bertz CT molecular complexity index is 524. The molecule has 5 nitrogen and oxygen atoms in total. The summed E-state index contributed by atoms with van der Waals surface area (Å²) in [6.45, 7) is 10.4. The Labute approximate surface area is 117 Å². The van der Waals surface area contributed by atoms with Crippen molar-refractivity contribution in [2.24, 2.45) is 5.92 Å². The molecular formula is C13H14ClN3O2. The van der Waals surface area contributed by atoms with Crippen LogP contribution in [0, 0.1) is 19.4 Å². The summed E-state index contributed by atoms with van der Waals surface area (Å²) in [6.07, 6.45) is 0.430. The van der Waals surface area contributed by atoms with Gasteiger partial charge < -0.3 is 9.64 Å². The van der Waals surface area contributed by atoms with E-state index in [0.29, 0.717) is 18.0 Å². The maximum atomic E-state index is 11.1. The number of esters is 1. The molecule has 0 bridgehead atoms. The van der Waals surface area contributed by atoms with Crippen molar-refractivity contribution in [1.82, 2.24) is 4.98 Å². The monoisotopic (exact) mass is 279 g/mol. The van der Waals surface area contributed by atoms with E-state index in [-0.39, 0.29) is 11.1 Å². The van der Waals surface area contributed by atoms with Crippen molar-refractivity contribution in [1.29, 1.82) is 0 Å². The molecular weight excluding hydrogens is 266 g/mol. The van der Waals surface area contributed by atoms with Crippen LogP contribution in [-0.2, 0) is 9.53 Å². The Kier molecular flexibility index (Phi) is 3.91. The van der Waals surface area contributed by atoms with Crippen molar-refractivity contribution >= 4 is 29.1 Å². The molecule has 1 aliphatic heterocycles. The van der Waals surface area contributed by atoms with Crippen LogP contribution in [0.3, 0.4) is 0 Å². The predicted molar refractivity (Wildman–Crippen MR) is 72.6 cm³/mol. The first-order chi connectivity index (χ1) is 9.05. The average molecular weight is 280 g/mol. The first-order valence-corrected chi connectivity index (χ1v) is 6.29. The maximum absolute atomic E-state index is 11.1. The molecule has 1 aromatic heterocycles. The number of methoxy groups -OCH3 is 1. The van der Waals surface area contributed by atoms with E-state index in [1.165, 1.54) is 7.11 Å². The van der Waals surface area contributed by atoms with Gasteiger partial charge in [-0.25, -0.2) is 9.83 Å². The molecule has 0 saturated carbocycles. The number of pyridine rings is 1. The molecule has 19 heavy (non-hydrogen) atoms. The minimum absolute atomic E-state index is 0.185. The molecule has 1 fully saturated rings. The highest BCUT2D eigenvalue weighted by atomic mass is 35.5. The van der Waals surface area contributed by atoms with E-state index >= 15 is 0 Å². The van der Waals surface area contributed by atoms with E-state index < -0.39 is 0 Å². The fourth-order valence-corrected chi connectivity index (χ4v) is 2.39. The Morgan fingerprint density at radius 1 is 1.68 bits per heavy atom. The van der Waals surface area contributed by atoms with Crippen LogP contribution in [0.25, 0.3) is 4.85 Å². The van der Waals surface area contributed by atoms with E-state index in [2.05, 4.69) is 14.6 Å². The predicted octanol–water partition coefficient (Wildman–Crippen LogP) is 2.59. The maximum Gasteiger partial charge on any atom is 0.305 e. The summed E-state index contributed by atoms with van der Waals surface area (Å²) in [7, 11) is 1.40. The molecule has 6 heteroatoms. The minimum Gasteiger partial charge on any atom is -0.469 e. The molecule has 2 heterocycles. The quantitative estimate of drug-likeness (QED) is 0.485. The molecule has 0 N–H and O–H groups in total. The number of aryl methyl sites for hydroxylation is 1. The van der Waals surface area contributed by atoms with Crippen molar-refractivity contribution in [3.05, 3.63) is 28.2 Å². The summed E-state index contributed by atoms with van der Waals surface area (Å²) in [5.74, 6) is 0.875. The van der Waals surface area contributed by atoms with Crippen LogP contribution in [-0.4, -0.2) is 31.2 Å². The third kappa shape index (κ3) is 2.79. The van der Waals surface area contributed by atoms with Crippen molar-refractivity contribution in [3.8, 4) is 0 Å². The van der Waals surface area contributed by atoms with E-state index in [1.54, 1.807) is 0 Å². The van der Waals surface area contributed by atoms with Crippen LogP contribution in [0.15, 0.2) is 6.07 Å². The van der Waals surface area contributed by atoms with Crippen molar-refractivity contribution in [3.63, 3.8) is 0 Å². The third-order valence-electron chi connectivity index (χ3n) is 3.20. The normalized spacial score (nSPS) is 14.7. The zero-order valence-electron chi connectivity index (χ0n) is 10.8. The molecule has 0 atom stereocenters. The summed E-state index contributed by atoms with van der Waals surface area (Å²) in [5.41, 5.74) is 1.22. The van der Waals surface area contributed by atoms with Crippen LogP contribution >= 0.6 is 11.6 Å². The van der Waals surface area contributed by atoms with Crippen LogP contribution in [0.2, 0.25) is 5.15 Å². The number of ether oxygens (including phenoxy) is 1. The molecule has 1 aliphatic rings. The molecule has 100 valence electrons. The van der Waals surface area contributed by atoms with Gasteiger partial charge in [0, 0.05) is 19.0 Å². The van der Waals surface area contributed by atoms with Crippen LogP contribution in [0.1, 0.15) is 12.0 Å². The summed E-state index contributed by atoms with van der Waals surface area (Å²) in [5, 5.41) is 0.237. The smallest absolute Gasteiger partial charge is 0.305 e. The molecule has 0 radical (unpaired) electrons. The Balaban J connectivity index is 2.03. The zero-order valence-corrected chi connectivity index (χ0v) is 11.6. The first-order valence-electron chi connectivity index (χ1n) is 5.91. The highest BCUT2D eigenvalue weighted by Gasteiger charge is 2.30. The number of halogens is 1.